The number of aliphatic hydroxyl groups excluding tert-OH is 1. The van der Waals surface area contributed by atoms with Crippen molar-refractivity contribution in [2.24, 2.45) is 0 Å². The fraction of sp³-hybridized carbons (Fsp3) is 0.348. The summed E-state index contributed by atoms with van der Waals surface area (Å²) in [7, 11) is 1.38. The van der Waals surface area contributed by atoms with Gasteiger partial charge in [-0.05, 0) is 44.5 Å². The van der Waals surface area contributed by atoms with E-state index in [9.17, 15) is 14.7 Å². The molecule has 1 fully saturated rings. The summed E-state index contributed by atoms with van der Waals surface area (Å²) in [6, 6.07) is 7.19. The third kappa shape index (κ3) is 4.90. The number of hydrogen-bond acceptors (Lipinski definition) is 6. The van der Waals surface area contributed by atoms with Crippen LogP contribution in [0.2, 0.25) is 10.0 Å². The van der Waals surface area contributed by atoms with Crippen molar-refractivity contribution in [3.63, 3.8) is 0 Å². The number of pyridine rings is 1. The molecule has 1 aliphatic heterocycles. The van der Waals surface area contributed by atoms with E-state index in [0.717, 1.165) is 0 Å². The first-order chi connectivity index (χ1) is 15.3. The van der Waals surface area contributed by atoms with E-state index in [2.05, 4.69) is 4.98 Å². The molecule has 1 aromatic carbocycles. The third-order valence-corrected chi connectivity index (χ3v) is 5.47. The van der Waals surface area contributed by atoms with Crippen LogP contribution in [0.5, 0.6) is 5.75 Å². The van der Waals surface area contributed by atoms with Gasteiger partial charge in [-0.15, -0.1) is 0 Å². The lowest BCUT2D eigenvalue weighted by atomic mass is 9.97. The van der Waals surface area contributed by atoms with Gasteiger partial charge in [-0.25, -0.2) is 0 Å². The summed E-state index contributed by atoms with van der Waals surface area (Å²) < 4.78 is 10.9. The van der Waals surface area contributed by atoms with Gasteiger partial charge in [0.2, 0.25) is 0 Å². The van der Waals surface area contributed by atoms with Crippen LogP contribution in [-0.2, 0) is 14.3 Å². The average molecular weight is 479 g/mol. The summed E-state index contributed by atoms with van der Waals surface area (Å²) in [6.45, 7) is 4.52. The normalized spacial score (nSPS) is 17.9. The van der Waals surface area contributed by atoms with Gasteiger partial charge >= 0.3 is 0 Å². The fourth-order valence-electron chi connectivity index (χ4n) is 3.60. The zero-order valence-corrected chi connectivity index (χ0v) is 19.5. The van der Waals surface area contributed by atoms with Crippen molar-refractivity contribution in [2.75, 3.05) is 20.3 Å². The van der Waals surface area contributed by atoms with Crippen LogP contribution in [0.4, 0.5) is 0 Å². The summed E-state index contributed by atoms with van der Waals surface area (Å²) in [5, 5.41) is 11.6. The van der Waals surface area contributed by atoms with Gasteiger partial charge in [-0.3, -0.25) is 14.6 Å². The summed E-state index contributed by atoms with van der Waals surface area (Å²) in [6.07, 6.45) is 2.13. The molecule has 9 heteroatoms. The second kappa shape index (κ2) is 10.3. The molecule has 1 amide bonds. The SMILES string of the molecule is COc1c(Cl)cc(Cl)cc1/C(O)=C1\C(=O)C(=O)N(CCCOC(C)C)C1c1ccccn1. The molecular weight excluding hydrogens is 455 g/mol. The highest BCUT2D eigenvalue weighted by Gasteiger charge is 2.46. The Morgan fingerprint density at radius 2 is 2.00 bits per heavy atom. The van der Waals surface area contributed by atoms with E-state index in [1.165, 1.54) is 24.1 Å². The number of likely N-dealkylation sites (tertiary alicyclic amines) is 1. The maximum Gasteiger partial charge on any atom is 0.295 e. The smallest absolute Gasteiger partial charge is 0.295 e. The van der Waals surface area contributed by atoms with Gasteiger partial charge in [0.05, 0.1) is 35.1 Å². The van der Waals surface area contributed by atoms with Crippen LogP contribution in [-0.4, -0.2) is 53.0 Å². The molecule has 0 aliphatic carbocycles. The van der Waals surface area contributed by atoms with Crippen LogP contribution in [0, 0.1) is 0 Å². The van der Waals surface area contributed by atoms with Gasteiger partial charge in [-0.1, -0.05) is 29.3 Å². The van der Waals surface area contributed by atoms with Crippen molar-refractivity contribution >= 4 is 40.7 Å². The lowest BCUT2D eigenvalue weighted by molar-refractivity contribution is -0.140. The van der Waals surface area contributed by atoms with Crippen LogP contribution in [0.25, 0.3) is 5.76 Å². The Hall–Kier alpha value is -2.61. The van der Waals surface area contributed by atoms with Gasteiger partial charge in [0.25, 0.3) is 11.7 Å². The number of benzene rings is 1. The Kier molecular flexibility index (Phi) is 7.77. The molecule has 1 N–H and O–H groups in total. The van der Waals surface area contributed by atoms with E-state index in [0.29, 0.717) is 18.7 Å². The number of nitrogens with zero attached hydrogens (tertiary/aromatic N) is 2. The Morgan fingerprint density at radius 3 is 2.62 bits per heavy atom. The summed E-state index contributed by atoms with van der Waals surface area (Å²) >= 11 is 12.3. The van der Waals surface area contributed by atoms with E-state index in [1.807, 2.05) is 13.8 Å². The zero-order valence-electron chi connectivity index (χ0n) is 18.0. The number of aromatic nitrogens is 1. The topological polar surface area (TPSA) is 89.0 Å². The standard InChI is InChI=1S/C23H24Cl2N2O5/c1-13(2)32-10-6-9-27-19(17-7-4-5-8-26-17)18(21(29)23(27)30)20(28)15-11-14(24)12-16(25)22(15)31-3/h4-5,7-8,11-13,19,28H,6,9-10H2,1-3H3/b20-18+. The number of ketones is 1. The van der Waals surface area contributed by atoms with Crippen molar-refractivity contribution in [2.45, 2.75) is 32.4 Å². The molecule has 32 heavy (non-hydrogen) atoms. The highest BCUT2D eigenvalue weighted by atomic mass is 35.5. The van der Waals surface area contributed by atoms with E-state index in [4.69, 9.17) is 32.7 Å². The molecule has 170 valence electrons. The highest BCUT2D eigenvalue weighted by Crippen LogP contribution is 2.42. The van der Waals surface area contributed by atoms with Gasteiger partial charge in [0.15, 0.2) is 0 Å². The number of carbonyl (C=O) groups is 2. The van der Waals surface area contributed by atoms with Crippen LogP contribution < -0.4 is 4.74 Å². The largest absolute Gasteiger partial charge is 0.507 e. The molecule has 2 aromatic rings. The molecule has 0 radical (unpaired) electrons. The number of ether oxygens (including phenoxy) is 2. The zero-order chi connectivity index (χ0) is 23.4. The quantitative estimate of drug-likeness (QED) is 0.257. The molecule has 1 aliphatic rings. The summed E-state index contributed by atoms with van der Waals surface area (Å²) in [5.74, 6) is -1.83. The number of rotatable bonds is 8. The van der Waals surface area contributed by atoms with Crippen molar-refractivity contribution in [1.29, 1.82) is 0 Å². The van der Waals surface area contributed by atoms with Crippen molar-refractivity contribution in [3.8, 4) is 5.75 Å². The molecular formula is C23H24Cl2N2O5. The number of hydrogen-bond donors (Lipinski definition) is 1. The second-order valence-corrected chi connectivity index (χ2v) is 8.33. The molecule has 7 nitrogen and oxygen atoms in total. The number of Topliss-reactive ketones (excluding diaryl/α,β-unsaturated/α-hetero) is 1. The van der Waals surface area contributed by atoms with Crippen LogP contribution in [0.15, 0.2) is 42.1 Å². The molecule has 0 spiro atoms. The van der Waals surface area contributed by atoms with Crippen molar-refractivity contribution in [3.05, 3.63) is 63.4 Å². The van der Waals surface area contributed by atoms with Crippen molar-refractivity contribution in [1.82, 2.24) is 9.88 Å². The molecule has 0 saturated carbocycles. The predicted molar refractivity (Wildman–Crippen MR) is 122 cm³/mol. The first-order valence-corrected chi connectivity index (χ1v) is 10.9. The number of halogens is 2. The molecule has 2 heterocycles. The monoisotopic (exact) mass is 478 g/mol. The lowest BCUT2D eigenvalue weighted by Crippen LogP contribution is -2.31. The minimum Gasteiger partial charge on any atom is -0.507 e. The molecule has 0 bridgehead atoms. The van der Waals surface area contributed by atoms with Gasteiger partial charge in [0.1, 0.15) is 17.6 Å². The number of amides is 1. The minimum absolute atomic E-state index is 0.0528. The van der Waals surface area contributed by atoms with Crippen LogP contribution in [0.1, 0.15) is 37.6 Å². The lowest BCUT2D eigenvalue weighted by Gasteiger charge is -2.24. The maximum absolute atomic E-state index is 13.0. The maximum atomic E-state index is 13.0. The summed E-state index contributed by atoms with van der Waals surface area (Å²) in [4.78, 5) is 31.7. The first-order valence-electron chi connectivity index (χ1n) is 10.1. The second-order valence-electron chi connectivity index (χ2n) is 7.49. The number of methoxy groups -OCH3 is 1. The first kappa shape index (κ1) is 24.0. The molecule has 1 saturated heterocycles. The molecule has 3 rings (SSSR count). The minimum atomic E-state index is -0.877. The van der Waals surface area contributed by atoms with E-state index >= 15 is 0 Å². The van der Waals surface area contributed by atoms with Gasteiger partial charge in [0, 0.05) is 24.4 Å². The fourth-order valence-corrected chi connectivity index (χ4v) is 4.17. The Bertz CT molecular complexity index is 1040. The van der Waals surface area contributed by atoms with Crippen molar-refractivity contribution < 1.29 is 24.2 Å². The van der Waals surface area contributed by atoms with Gasteiger partial charge in [-0.2, -0.15) is 0 Å². The molecule has 1 aromatic heterocycles. The van der Waals surface area contributed by atoms with E-state index in [1.54, 1.807) is 24.4 Å². The Morgan fingerprint density at radius 1 is 1.25 bits per heavy atom. The van der Waals surface area contributed by atoms with Crippen LogP contribution >= 0.6 is 23.2 Å². The van der Waals surface area contributed by atoms with Crippen LogP contribution in [0.3, 0.4) is 0 Å². The Balaban J connectivity index is 2.11. The number of aliphatic hydroxyl groups is 1. The van der Waals surface area contributed by atoms with E-state index in [-0.39, 0.29) is 39.6 Å². The molecule has 1 atom stereocenters. The third-order valence-electron chi connectivity index (χ3n) is 4.97. The summed E-state index contributed by atoms with van der Waals surface area (Å²) in [5.41, 5.74) is 0.465. The predicted octanol–water partition coefficient (Wildman–Crippen LogP) is 4.63. The Labute approximate surface area is 196 Å². The average Bonchev–Trinajstić information content (AvgIpc) is 3.01. The molecule has 1 unspecified atom stereocenters. The number of carbonyl (C=O) groups excluding carboxylic acids is 2. The van der Waals surface area contributed by atoms with Gasteiger partial charge < -0.3 is 19.5 Å². The highest BCUT2D eigenvalue weighted by molar-refractivity contribution is 6.46. The van der Waals surface area contributed by atoms with E-state index < -0.39 is 23.5 Å².